The number of carbonyl (C=O) groups excluding carboxylic acids is 2. The van der Waals surface area contributed by atoms with Crippen molar-refractivity contribution in [1.29, 1.82) is 0 Å². The van der Waals surface area contributed by atoms with Crippen molar-refractivity contribution < 1.29 is 9.59 Å². The number of rotatable bonds is 4. The third-order valence-corrected chi connectivity index (χ3v) is 4.30. The van der Waals surface area contributed by atoms with Crippen molar-refractivity contribution in [2.24, 2.45) is 10.9 Å². The van der Waals surface area contributed by atoms with E-state index in [-0.39, 0.29) is 17.7 Å². The zero-order valence-corrected chi connectivity index (χ0v) is 14.0. The lowest BCUT2D eigenvalue weighted by atomic mass is 10.0. The Balaban J connectivity index is 2.02. The number of thioether (sulfide) groups is 1. The summed E-state index contributed by atoms with van der Waals surface area (Å²) < 4.78 is 0. The third kappa shape index (κ3) is 4.48. The molecule has 0 aromatic heterocycles. The van der Waals surface area contributed by atoms with Crippen LogP contribution < -0.4 is 10.6 Å². The molecule has 0 spiro atoms. The number of nitrogens with zero attached hydrogens (tertiary/aromatic N) is 1. The largest absolute Gasteiger partial charge is 0.340 e. The maximum absolute atomic E-state index is 12.3. The SMILES string of the molecule is CC(C)[C@H](NC(=O)c1ccc(Cl)cc1)C(=O)NC1=NCCS1. The van der Waals surface area contributed by atoms with Gasteiger partial charge in [0.25, 0.3) is 5.91 Å². The molecule has 0 radical (unpaired) electrons. The summed E-state index contributed by atoms with van der Waals surface area (Å²) in [6.07, 6.45) is 0. The molecule has 0 saturated carbocycles. The molecule has 0 bridgehead atoms. The summed E-state index contributed by atoms with van der Waals surface area (Å²) in [4.78, 5) is 28.7. The van der Waals surface area contributed by atoms with Gasteiger partial charge in [0.05, 0.1) is 6.54 Å². The summed E-state index contributed by atoms with van der Waals surface area (Å²) in [5, 5.41) is 6.71. The second kappa shape index (κ2) is 7.65. The molecular formula is C15H18ClN3O2S. The molecule has 7 heteroatoms. The van der Waals surface area contributed by atoms with Crippen LogP contribution in [0.5, 0.6) is 0 Å². The van der Waals surface area contributed by atoms with Gasteiger partial charge in [0.2, 0.25) is 5.91 Å². The minimum absolute atomic E-state index is 0.0387. The molecule has 1 atom stereocenters. The van der Waals surface area contributed by atoms with Crippen LogP contribution in [-0.2, 0) is 4.79 Å². The van der Waals surface area contributed by atoms with E-state index >= 15 is 0 Å². The first kappa shape index (κ1) is 16.8. The molecule has 2 N–H and O–H groups in total. The normalized spacial score (nSPS) is 15.4. The van der Waals surface area contributed by atoms with E-state index in [0.717, 1.165) is 5.75 Å². The summed E-state index contributed by atoms with van der Waals surface area (Å²) in [5.74, 6) is 0.291. The smallest absolute Gasteiger partial charge is 0.251 e. The minimum Gasteiger partial charge on any atom is -0.340 e. The number of carbonyl (C=O) groups is 2. The molecule has 0 aliphatic carbocycles. The van der Waals surface area contributed by atoms with Crippen molar-refractivity contribution in [3.63, 3.8) is 0 Å². The number of hydrogen-bond donors (Lipinski definition) is 2. The van der Waals surface area contributed by atoms with Crippen molar-refractivity contribution >= 4 is 40.3 Å². The Kier molecular flexibility index (Phi) is 5.85. The van der Waals surface area contributed by atoms with E-state index < -0.39 is 6.04 Å². The standard InChI is InChI=1S/C15H18ClN3O2S/c1-9(2)12(14(21)19-15-17-7-8-22-15)18-13(20)10-3-5-11(16)6-4-10/h3-6,9,12H,7-8H2,1-2H3,(H,18,20)(H,17,19,21)/t12-/m0/s1. The van der Waals surface area contributed by atoms with E-state index in [2.05, 4.69) is 15.6 Å². The first-order chi connectivity index (χ1) is 10.5. The Morgan fingerprint density at radius 2 is 1.95 bits per heavy atom. The van der Waals surface area contributed by atoms with Crippen LogP contribution in [0.2, 0.25) is 5.02 Å². The van der Waals surface area contributed by atoms with Gasteiger partial charge in [0.1, 0.15) is 6.04 Å². The number of hydrogen-bond acceptors (Lipinski definition) is 4. The maximum atomic E-state index is 12.3. The van der Waals surface area contributed by atoms with E-state index in [4.69, 9.17) is 11.6 Å². The molecule has 1 aliphatic heterocycles. The highest BCUT2D eigenvalue weighted by Crippen LogP contribution is 2.12. The molecule has 0 saturated heterocycles. The molecule has 1 aliphatic rings. The molecule has 2 amide bonds. The maximum Gasteiger partial charge on any atom is 0.251 e. The van der Waals surface area contributed by atoms with Crippen molar-refractivity contribution in [2.45, 2.75) is 19.9 Å². The minimum atomic E-state index is -0.618. The van der Waals surface area contributed by atoms with Crippen LogP contribution in [0.3, 0.4) is 0 Å². The van der Waals surface area contributed by atoms with Gasteiger partial charge in [-0.3, -0.25) is 14.6 Å². The molecule has 2 rings (SSSR count). The molecule has 1 aromatic carbocycles. The Morgan fingerprint density at radius 1 is 1.27 bits per heavy atom. The first-order valence-electron chi connectivity index (χ1n) is 7.02. The zero-order chi connectivity index (χ0) is 16.1. The van der Waals surface area contributed by atoms with Gasteiger partial charge in [-0.05, 0) is 30.2 Å². The quantitative estimate of drug-likeness (QED) is 0.884. The van der Waals surface area contributed by atoms with Crippen LogP contribution in [0.4, 0.5) is 0 Å². The first-order valence-corrected chi connectivity index (χ1v) is 8.38. The number of aliphatic imine (C=N–C) groups is 1. The van der Waals surface area contributed by atoms with Gasteiger partial charge < -0.3 is 10.6 Å². The second-order valence-electron chi connectivity index (χ2n) is 5.23. The summed E-state index contributed by atoms with van der Waals surface area (Å²) in [5.41, 5.74) is 0.468. The van der Waals surface area contributed by atoms with E-state index in [9.17, 15) is 9.59 Å². The van der Waals surface area contributed by atoms with Crippen molar-refractivity contribution in [3.8, 4) is 0 Å². The Hall–Kier alpha value is -1.53. The fourth-order valence-electron chi connectivity index (χ4n) is 1.95. The van der Waals surface area contributed by atoms with Gasteiger partial charge in [-0.25, -0.2) is 0 Å². The molecule has 118 valence electrons. The highest BCUT2D eigenvalue weighted by atomic mass is 35.5. The number of nitrogens with one attached hydrogen (secondary N) is 2. The lowest BCUT2D eigenvalue weighted by Crippen LogP contribution is -2.50. The molecule has 22 heavy (non-hydrogen) atoms. The number of amides is 2. The lowest BCUT2D eigenvalue weighted by Gasteiger charge is -2.21. The molecule has 1 aromatic rings. The fraction of sp³-hybridized carbons (Fsp3) is 0.400. The van der Waals surface area contributed by atoms with Crippen LogP contribution in [0.1, 0.15) is 24.2 Å². The topological polar surface area (TPSA) is 70.6 Å². The Morgan fingerprint density at radius 3 is 2.50 bits per heavy atom. The van der Waals surface area contributed by atoms with E-state index in [1.54, 1.807) is 24.3 Å². The van der Waals surface area contributed by atoms with Crippen LogP contribution in [-0.4, -0.2) is 35.3 Å². The van der Waals surface area contributed by atoms with Crippen molar-refractivity contribution in [2.75, 3.05) is 12.3 Å². The van der Waals surface area contributed by atoms with Crippen molar-refractivity contribution in [3.05, 3.63) is 34.9 Å². The van der Waals surface area contributed by atoms with Gasteiger partial charge in [-0.15, -0.1) is 0 Å². The molecular weight excluding hydrogens is 322 g/mol. The highest BCUT2D eigenvalue weighted by Gasteiger charge is 2.26. The molecule has 0 unspecified atom stereocenters. The van der Waals surface area contributed by atoms with Crippen LogP contribution in [0, 0.1) is 5.92 Å². The summed E-state index contributed by atoms with van der Waals surface area (Å²) in [7, 11) is 0. The van der Waals surface area contributed by atoms with Gasteiger partial charge in [-0.1, -0.05) is 37.2 Å². The Bertz CT molecular complexity index is 587. The van der Waals surface area contributed by atoms with Gasteiger partial charge in [0, 0.05) is 16.3 Å². The summed E-state index contributed by atoms with van der Waals surface area (Å²) in [6.45, 7) is 4.48. The lowest BCUT2D eigenvalue weighted by molar-refractivity contribution is -0.122. The van der Waals surface area contributed by atoms with Crippen molar-refractivity contribution in [1.82, 2.24) is 10.6 Å². The summed E-state index contributed by atoms with van der Waals surface area (Å²) >= 11 is 7.31. The molecule has 5 nitrogen and oxygen atoms in total. The van der Waals surface area contributed by atoms with Crippen LogP contribution in [0.15, 0.2) is 29.3 Å². The summed E-state index contributed by atoms with van der Waals surface area (Å²) in [6, 6.07) is 5.93. The molecule has 1 heterocycles. The Labute approximate surface area is 138 Å². The predicted octanol–water partition coefficient (Wildman–Crippen LogP) is 2.31. The number of amidine groups is 1. The number of benzene rings is 1. The van der Waals surface area contributed by atoms with E-state index in [0.29, 0.717) is 22.3 Å². The third-order valence-electron chi connectivity index (χ3n) is 3.16. The second-order valence-corrected chi connectivity index (χ2v) is 6.75. The van der Waals surface area contributed by atoms with Gasteiger partial charge in [0.15, 0.2) is 5.17 Å². The van der Waals surface area contributed by atoms with Crippen LogP contribution >= 0.6 is 23.4 Å². The average Bonchev–Trinajstić information content (AvgIpc) is 2.97. The van der Waals surface area contributed by atoms with E-state index in [1.807, 2.05) is 13.8 Å². The van der Waals surface area contributed by atoms with E-state index in [1.165, 1.54) is 11.8 Å². The zero-order valence-electron chi connectivity index (χ0n) is 12.4. The average molecular weight is 340 g/mol. The molecule has 0 fully saturated rings. The number of halogens is 1. The highest BCUT2D eigenvalue weighted by molar-refractivity contribution is 8.14. The van der Waals surface area contributed by atoms with Gasteiger partial charge >= 0.3 is 0 Å². The van der Waals surface area contributed by atoms with Crippen LogP contribution in [0.25, 0.3) is 0 Å². The van der Waals surface area contributed by atoms with Gasteiger partial charge in [-0.2, -0.15) is 0 Å². The predicted molar refractivity (Wildman–Crippen MR) is 90.4 cm³/mol. The monoisotopic (exact) mass is 339 g/mol. The fourth-order valence-corrected chi connectivity index (χ4v) is 2.81.